The van der Waals surface area contributed by atoms with Crippen molar-refractivity contribution in [2.24, 2.45) is 5.92 Å². The molecule has 158 valence electrons. The largest absolute Gasteiger partial charge is 0.465 e. The van der Waals surface area contributed by atoms with Crippen molar-refractivity contribution in [1.82, 2.24) is 10.2 Å². The molecule has 0 spiro atoms. The highest BCUT2D eigenvalue weighted by Crippen LogP contribution is 2.12. The number of allylic oxidation sites excluding steroid dienone is 2. The van der Waals surface area contributed by atoms with Gasteiger partial charge in [0.1, 0.15) is 0 Å². The van der Waals surface area contributed by atoms with Crippen LogP contribution < -0.4 is 5.32 Å². The summed E-state index contributed by atoms with van der Waals surface area (Å²) in [6.07, 6.45) is 11.6. The lowest BCUT2D eigenvalue weighted by molar-refractivity contribution is -0.143. The summed E-state index contributed by atoms with van der Waals surface area (Å²) in [5.74, 6) is 0.368. The molecular formula is C21H40N2O4. The molecule has 0 aromatic rings. The Bertz CT molecular complexity index is 382. The second kappa shape index (κ2) is 19.5. The van der Waals surface area contributed by atoms with Gasteiger partial charge in [-0.15, -0.1) is 6.58 Å². The Morgan fingerprint density at radius 1 is 1.19 bits per heavy atom. The lowest BCUT2D eigenvalue weighted by Gasteiger charge is -2.19. The lowest BCUT2D eigenvalue weighted by Crippen LogP contribution is -2.32. The molecule has 3 N–H and O–H groups in total. The van der Waals surface area contributed by atoms with Crippen molar-refractivity contribution in [1.29, 1.82) is 0 Å². The SMILES string of the molecule is C=CC(CC=CCCOC(=O)CCNCCCN(CCO)CCO)CCC. The lowest BCUT2D eigenvalue weighted by atomic mass is 10.00. The molecule has 0 aliphatic carbocycles. The molecule has 0 fully saturated rings. The summed E-state index contributed by atoms with van der Waals surface area (Å²) in [6, 6.07) is 0. The van der Waals surface area contributed by atoms with Gasteiger partial charge in [0.25, 0.3) is 0 Å². The van der Waals surface area contributed by atoms with Gasteiger partial charge in [-0.25, -0.2) is 0 Å². The second-order valence-electron chi connectivity index (χ2n) is 6.64. The molecule has 0 rings (SSSR count). The molecule has 0 aromatic heterocycles. The molecule has 6 nitrogen and oxygen atoms in total. The Labute approximate surface area is 165 Å². The number of aliphatic hydroxyl groups excluding tert-OH is 2. The Balaban J connectivity index is 3.57. The Morgan fingerprint density at radius 3 is 2.56 bits per heavy atom. The first-order valence-electron chi connectivity index (χ1n) is 10.3. The van der Waals surface area contributed by atoms with Gasteiger partial charge in [0, 0.05) is 19.6 Å². The highest BCUT2D eigenvalue weighted by atomic mass is 16.5. The maximum atomic E-state index is 11.7. The van der Waals surface area contributed by atoms with Gasteiger partial charge in [0.15, 0.2) is 0 Å². The number of hydrogen-bond acceptors (Lipinski definition) is 6. The minimum Gasteiger partial charge on any atom is -0.465 e. The fourth-order valence-corrected chi connectivity index (χ4v) is 2.77. The molecule has 0 amide bonds. The highest BCUT2D eigenvalue weighted by molar-refractivity contribution is 5.69. The summed E-state index contributed by atoms with van der Waals surface area (Å²) < 4.78 is 5.22. The average Bonchev–Trinajstić information content (AvgIpc) is 2.66. The van der Waals surface area contributed by atoms with Crippen LogP contribution in [0.15, 0.2) is 24.8 Å². The molecule has 0 heterocycles. The molecule has 0 saturated heterocycles. The van der Waals surface area contributed by atoms with E-state index in [2.05, 4.69) is 31.0 Å². The number of rotatable bonds is 19. The van der Waals surface area contributed by atoms with Gasteiger partial charge in [-0.1, -0.05) is 31.6 Å². The first-order chi connectivity index (χ1) is 13.2. The van der Waals surface area contributed by atoms with Crippen LogP contribution in [-0.2, 0) is 9.53 Å². The summed E-state index contributed by atoms with van der Waals surface area (Å²) in [7, 11) is 0. The van der Waals surface area contributed by atoms with Gasteiger partial charge in [0.2, 0.25) is 0 Å². The van der Waals surface area contributed by atoms with Crippen molar-refractivity contribution in [2.45, 2.75) is 45.4 Å². The predicted molar refractivity (Wildman–Crippen MR) is 111 cm³/mol. The van der Waals surface area contributed by atoms with Crippen LogP contribution in [0.3, 0.4) is 0 Å². The van der Waals surface area contributed by atoms with Crippen molar-refractivity contribution in [3.05, 3.63) is 24.8 Å². The van der Waals surface area contributed by atoms with Crippen molar-refractivity contribution in [3.8, 4) is 0 Å². The number of aliphatic hydroxyl groups is 2. The normalized spacial score (nSPS) is 12.6. The third kappa shape index (κ3) is 16.7. The van der Waals surface area contributed by atoms with Gasteiger partial charge < -0.3 is 20.3 Å². The minimum absolute atomic E-state index is 0.0992. The predicted octanol–water partition coefficient (Wildman–Crippen LogP) is 2.12. The Hall–Kier alpha value is -1.21. The quantitative estimate of drug-likeness (QED) is 0.180. The van der Waals surface area contributed by atoms with Crippen LogP contribution in [0.25, 0.3) is 0 Å². The average molecular weight is 385 g/mol. The van der Waals surface area contributed by atoms with Gasteiger partial charge in [-0.2, -0.15) is 0 Å². The van der Waals surface area contributed by atoms with E-state index in [1.54, 1.807) is 0 Å². The van der Waals surface area contributed by atoms with Crippen LogP contribution in [0.2, 0.25) is 0 Å². The number of carbonyl (C=O) groups excluding carboxylic acids is 1. The Morgan fingerprint density at radius 2 is 1.93 bits per heavy atom. The van der Waals surface area contributed by atoms with E-state index in [4.69, 9.17) is 14.9 Å². The second-order valence-corrected chi connectivity index (χ2v) is 6.64. The first-order valence-corrected chi connectivity index (χ1v) is 10.3. The zero-order chi connectivity index (χ0) is 20.2. The summed E-state index contributed by atoms with van der Waals surface area (Å²) in [5.41, 5.74) is 0. The van der Waals surface area contributed by atoms with Crippen LogP contribution in [0.5, 0.6) is 0 Å². The third-order valence-electron chi connectivity index (χ3n) is 4.31. The van der Waals surface area contributed by atoms with Gasteiger partial charge in [0.05, 0.1) is 26.2 Å². The summed E-state index contributed by atoms with van der Waals surface area (Å²) in [4.78, 5) is 13.7. The zero-order valence-electron chi connectivity index (χ0n) is 17.1. The minimum atomic E-state index is -0.173. The summed E-state index contributed by atoms with van der Waals surface area (Å²) >= 11 is 0. The molecule has 6 heteroatoms. The van der Waals surface area contributed by atoms with Crippen LogP contribution >= 0.6 is 0 Å². The molecule has 0 bridgehead atoms. The highest BCUT2D eigenvalue weighted by Gasteiger charge is 2.04. The molecule has 0 aliphatic heterocycles. The maximum absolute atomic E-state index is 11.7. The van der Waals surface area contributed by atoms with E-state index in [9.17, 15) is 4.79 Å². The van der Waals surface area contributed by atoms with Crippen LogP contribution in [0.4, 0.5) is 0 Å². The molecule has 0 aliphatic rings. The monoisotopic (exact) mass is 384 g/mol. The third-order valence-corrected chi connectivity index (χ3v) is 4.31. The van der Waals surface area contributed by atoms with E-state index in [1.807, 2.05) is 11.0 Å². The summed E-state index contributed by atoms with van der Waals surface area (Å²) in [6.45, 7) is 10.0. The maximum Gasteiger partial charge on any atom is 0.307 e. The van der Waals surface area contributed by atoms with Crippen molar-refractivity contribution in [2.75, 3.05) is 52.5 Å². The van der Waals surface area contributed by atoms with Gasteiger partial charge in [-0.05, 0) is 44.7 Å². The van der Waals surface area contributed by atoms with Gasteiger partial charge in [-0.3, -0.25) is 9.69 Å². The fraction of sp³-hybridized carbons (Fsp3) is 0.762. The molecule has 0 radical (unpaired) electrons. The van der Waals surface area contributed by atoms with Crippen LogP contribution in [0, 0.1) is 5.92 Å². The first kappa shape index (κ1) is 25.8. The fourth-order valence-electron chi connectivity index (χ4n) is 2.77. The molecular weight excluding hydrogens is 344 g/mol. The summed E-state index contributed by atoms with van der Waals surface area (Å²) in [5, 5.41) is 21.1. The zero-order valence-corrected chi connectivity index (χ0v) is 17.1. The number of carbonyl (C=O) groups is 1. The van der Waals surface area contributed by atoms with E-state index in [-0.39, 0.29) is 19.2 Å². The van der Waals surface area contributed by atoms with Crippen molar-refractivity contribution in [3.63, 3.8) is 0 Å². The number of ether oxygens (including phenoxy) is 1. The molecule has 1 unspecified atom stereocenters. The molecule has 1 atom stereocenters. The van der Waals surface area contributed by atoms with Crippen LogP contribution in [0.1, 0.15) is 45.4 Å². The topological polar surface area (TPSA) is 82.0 Å². The van der Waals surface area contributed by atoms with E-state index in [1.165, 1.54) is 6.42 Å². The van der Waals surface area contributed by atoms with Gasteiger partial charge >= 0.3 is 5.97 Å². The standard InChI is InChI=1S/C21H40N2O4/c1-3-9-20(4-2)10-6-5-7-19-27-21(26)11-13-22-12-8-14-23(15-17-24)16-18-25/h4-6,20,22,24-25H,2-3,7-19H2,1H3. The number of nitrogens with zero attached hydrogens (tertiary/aromatic N) is 1. The Kier molecular flexibility index (Phi) is 18.7. The number of nitrogens with one attached hydrogen (secondary N) is 1. The molecule has 0 saturated carbocycles. The van der Waals surface area contributed by atoms with E-state index >= 15 is 0 Å². The smallest absolute Gasteiger partial charge is 0.307 e. The van der Waals surface area contributed by atoms with E-state index in [0.29, 0.717) is 38.6 Å². The van der Waals surface area contributed by atoms with E-state index in [0.717, 1.165) is 38.8 Å². The number of esters is 1. The van der Waals surface area contributed by atoms with E-state index < -0.39 is 0 Å². The van der Waals surface area contributed by atoms with Crippen molar-refractivity contribution >= 4 is 5.97 Å². The van der Waals surface area contributed by atoms with Crippen LogP contribution in [-0.4, -0.2) is 73.6 Å². The molecule has 0 aromatic carbocycles. The van der Waals surface area contributed by atoms with Crippen molar-refractivity contribution < 1.29 is 19.7 Å². The number of hydrogen-bond donors (Lipinski definition) is 3. The molecule has 27 heavy (non-hydrogen) atoms.